The van der Waals surface area contributed by atoms with Crippen LogP contribution in [0.25, 0.3) is 0 Å². The van der Waals surface area contributed by atoms with Crippen LogP contribution in [0, 0.1) is 0 Å². The molecule has 0 atom stereocenters. The minimum absolute atomic E-state index is 0.322. The Labute approximate surface area is 170 Å². The van der Waals surface area contributed by atoms with Gasteiger partial charge in [-0.1, -0.05) is 37.3 Å². The van der Waals surface area contributed by atoms with Crippen molar-refractivity contribution in [2.45, 2.75) is 19.9 Å². The van der Waals surface area contributed by atoms with E-state index in [9.17, 15) is 14.4 Å². The Kier molecular flexibility index (Phi) is 8.21. The Morgan fingerprint density at radius 2 is 1.72 bits per heavy atom. The minimum atomic E-state index is -0.685. The van der Waals surface area contributed by atoms with Gasteiger partial charge in [-0.05, 0) is 35.7 Å². The number of esters is 1. The molecule has 0 saturated heterocycles. The molecule has 7 heteroatoms. The highest BCUT2D eigenvalue weighted by Crippen LogP contribution is 2.12. The summed E-state index contributed by atoms with van der Waals surface area (Å²) in [7, 11) is 3.15. The second kappa shape index (κ2) is 10.8. The number of benzene rings is 2. The largest absolute Gasteiger partial charge is 0.497 e. The summed E-state index contributed by atoms with van der Waals surface area (Å²) in [5.41, 5.74) is 2.59. The normalized spacial score (nSPS) is 10.2. The fourth-order valence-corrected chi connectivity index (χ4v) is 2.56. The number of nitrogens with one attached hydrogen (secondary N) is 1. The van der Waals surface area contributed by atoms with Crippen LogP contribution in [0.15, 0.2) is 48.5 Å². The molecule has 2 aromatic carbocycles. The van der Waals surface area contributed by atoms with Crippen molar-refractivity contribution in [1.82, 2.24) is 10.2 Å². The van der Waals surface area contributed by atoms with Crippen molar-refractivity contribution in [3.8, 4) is 5.75 Å². The van der Waals surface area contributed by atoms with Crippen LogP contribution in [0.4, 0.5) is 0 Å². The number of nitrogens with zero attached hydrogens (tertiary/aromatic N) is 1. The average Bonchev–Trinajstić information content (AvgIpc) is 2.76. The number of ether oxygens (including phenoxy) is 2. The molecule has 2 aromatic rings. The van der Waals surface area contributed by atoms with Gasteiger partial charge >= 0.3 is 5.97 Å². The summed E-state index contributed by atoms with van der Waals surface area (Å²) in [4.78, 5) is 37.5. The second-order valence-electron chi connectivity index (χ2n) is 6.50. The monoisotopic (exact) mass is 398 g/mol. The molecule has 0 saturated carbocycles. The molecule has 0 unspecified atom stereocenters. The SMILES string of the molecule is CCc1ccc(CN(C)C(=O)COC(=O)CNC(=O)c2cccc(OC)c2)cc1. The molecule has 0 aromatic heterocycles. The maximum absolute atomic E-state index is 12.2. The van der Waals surface area contributed by atoms with E-state index in [1.165, 1.54) is 17.6 Å². The van der Waals surface area contributed by atoms with Crippen LogP contribution in [0.5, 0.6) is 5.75 Å². The molecule has 0 aliphatic carbocycles. The smallest absolute Gasteiger partial charge is 0.325 e. The van der Waals surface area contributed by atoms with Gasteiger partial charge in [0.2, 0.25) is 0 Å². The number of carbonyl (C=O) groups is 3. The molecular formula is C22H26N2O5. The lowest BCUT2D eigenvalue weighted by atomic mass is 10.1. The fraction of sp³-hybridized carbons (Fsp3) is 0.318. The highest BCUT2D eigenvalue weighted by atomic mass is 16.5. The van der Waals surface area contributed by atoms with Gasteiger partial charge in [0.05, 0.1) is 7.11 Å². The van der Waals surface area contributed by atoms with Crippen molar-refractivity contribution in [3.63, 3.8) is 0 Å². The summed E-state index contributed by atoms with van der Waals surface area (Å²) < 4.78 is 10.0. The molecular weight excluding hydrogens is 372 g/mol. The van der Waals surface area contributed by atoms with E-state index in [1.54, 1.807) is 31.3 Å². The van der Waals surface area contributed by atoms with Gasteiger partial charge in [0, 0.05) is 19.2 Å². The zero-order chi connectivity index (χ0) is 21.2. The number of aryl methyl sites for hydroxylation is 1. The van der Waals surface area contributed by atoms with Crippen LogP contribution >= 0.6 is 0 Å². The molecule has 0 aliphatic rings. The summed E-state index contributed by atoms with van der Waals surface area (Å²) in [5.74, 6) is -0.898. The van der Waals surface area contributed by atoms with E-state index in [1.807, 2.05) is 24.3 Å². The minimum Gasteiger partial charge on any atom is -0.497 e. The van der Waals surface area contributed by atoms with Crippen LogP contribution in [-0.2, 0) is 27.3 Å². The first-order valence-corrected chi connectivity index (χ1v) is 9.32. The quantitative estimate of drug-likeness (QED) is 0.655. The topological polar surface area (TPSA) is 84.9 Å². The zero-order valence-corrected chi connectivity index (χ0v) is 16.9. The van der Waals surface area contributed by atoms with Crippen molar-refractivity contribution in [2.75, 3.05) is 27.3 Å². The molecule has 0 aliphatic heterocycles. The Hall–Kier alpha value is -3.35. The summed E-state index contributed by atoms with van der Waals surface area (Å²) in [6.07, 6.45) is 0.958. The maximum atomic E-state index is 12.2. The predicted molar refractivity (Wildman–Crippen MR) is 109 cm³/mol. The van der Waals surface area contributed by atoms with E-state index >= 15 is 0 Å². The summed E-state index contributed by atoms with van der Waals surface area (Å²) in [6.45, 7) is 1.80. The van der Waals surface area contributed by atoms with E-state index in [-0.39, 0.29) is 19.1 Å². The average molecular weight is 398 g/mol. The lowest BCUT2D eigenvalue weighted by Gasteiger charge is -2.17. The maximum Gasteiger partial charge on any atom is 0.325 e. The molecule has 0 heterocycles. The number of rotatable bonds is 9. The summed E-state index contributed by atoms with van der Waals surface area (Å²) in [5, 5.41) is 2.46. The first-order valence-electron chi connectivity index (χ1n) is 9.32. The third kappa shape index (κ3) is 6.95. The molecule has 2 amide bonds. The Morgan fingerprint density at radius 1 is 1.03 bits per heavy atom. The van der Waals surface area contributed by atoms with Gasteiger partial charge in [-0.15, -0.1) is 0 Å². The molecule has 29 heavy (non-hydrogen) atoms. The number of amides is 2. The van der Waals surface area contributed by atoms with E-state index in [4.69, 9.17) is 9.47 Å². The Morgan fingerprint density at radius 3 is 2.38 bits per heavy atom. The van der Waals surface area contributed by atoms with Crippen molar-refractivity contribution >= 4 is 17.8 Å². The highest BCUT2D eigenvalue weighted by Gasteiger charge is 2.14. The van der Waals surface area contributed by atoms with E-state index in [0.29, 0.717) is 17.9 Å². The molecule has 154 valence electrons. The first-order chi connectivity index (χ1) is 13.9. The molecule has 0 radical (unpaired) electrons. The van der Waals surface area contributed by atoms with Crippen molar-refractivity contribution in [2.24, 2.45) is 0 Å². The number of methoxy groups -OCH3 is 1. The van der Waals surface area contributed by atoms with E-state index in [0.717, 1.165) is 12.0 Å². The second-order valence-corrected chi connectivity index (χ2v) is 6.50. The van der Waals surface area contributed by atoms with Gasteiger partial charge in [-0.2, -0.15) is 0 Å². The number of carbonyl (C=O) groups excluding carboxylic acids is 3. The molecule has 2 rings (SSSR count). The fourth-order valence-electron chi connectivity index (χ4n) is 2.56. The number of hydrogen-bond donors (Lipinski definition) is 1. The predicted octanol–water partition coefficient (Wildman–Crippen LogP) is 2.19. The lowest BCUT2D eigenvalue weighted by Crippen LogP contribution is -2.34. The van der Waals surface area contributed by atoms with Gasteiger partial charge in [0.15, 0.2) is 6.61 Å². The summed E-state index contributed by atoms with van der Waals surface area (Å²) >= 11 is 0. The van der Waals surface area contributed by atoms with Crippen LogP contribution < -0.4 is 10.1 Å². The molecule has 0 spiro atoms. The molecule has 7 nitrogen and oxygen atoms in total. The van der Waals surface area contributed by atoms with Crippen LogP contribution in [0.3, 0.4) is 0 Å². The van der Waals surface area contributed by atoms with E-state index in [2.05, 4.69) is 12.2 Å². The van der Waals surface area contributed by atoms with Crippen LogP contribution in [-0.4, -0.2) is 50.0 Å². The molecule has 0 fully saturated rings. The van der Waals surface area contributed by atoms with Gasteiger partial charge in [-0.3, -0.25) is 14.4 Å². The third-order valence-corrected chi connectivity index (χ3v) is 4.36. The van der Waals surface area contributed by atoms with Crippen molar-refractivity contribution < 1.29 is 23.9 Å². The Bertz CT molecular complexity index is 849. The van der Waals surface area contributed by atoms with Gasteiger partial charge in [-0.25, -0.2) is 0 Å². The van der Waals surface area contributed by atoms with Crippen LogP contribution in [0.2, 0.25) is 0 Å². The van der Waals surface area contributed by atoms with Gasteiger partial charge < -0.3 is 19.7 Å². The standard InChI is InChI=1S/C22H26N2O5/c1-4-16-8-10-17(11-9-16)14-24(2)20(25)15-29-21(26)13-23-22(27)18-6-5-7-19(12-18)28-3/h5-12H,4,13-15H2,1-3H3,(H,23,27). The number of likely N-dealkylation sites (N-methyl/N-ethyl adjacent to an activating group) is 1. The zero-order valence-electron chi connectivity index (χ0n) is 16.9. The van der Waals surface area contributed by atoms with Crippen molar-refractivity contribution in [3.05, 3.63) is 65.2 Å². The highest BCUT2D eigenvalue weighted by molar-refractivity contribution is 5.96. The summed E-state index contributed by atoms with van der Waals surface area (Å²) in [6, 6.07) is 14.6. The molecule has 0 bridgehead atoms. The van der Waals surface area contributed by atoms with E-state index < -0.39 is 11.9 Å². The van der Waals surface area contributed by atoms with Gasteiger partial charge in [0.25, 0.3) is 11.8 Å². The van der Waals surface area contributed by atoms with Crippen LogP contribution in [0.1, 0.15) is 28.4 Å². The number of hydrogen-bond acceptors (Lipinski definition) is 5. The Balaban J connectivity index is 1.74. The lowest BCUT2D eigenvalue weighted by molar-refractivity contribution is -0.150. The third-order valence-electron chi connectivity index (χ3n) is 4.36. The van der Waals surface area contributed by atoms with Gasteiger partial charge in [0.1, 0.15) is 12.3 Å². The van der Waals surface area contributed by atoms with Crippen molar-refractivity contribution in [1.29, 1.82) is 0 Å². The molecule has 1 N–H and O–H groups in total. The first kappa shape index (κ1) is 21.9.